The van der Waals surface area contributed by atoms with Crippen molar-refractivity contribution in [1.29, 1.82) is 0 Å². The Bertz CT molecular complexity index is 1040. The zero-order valence-corrected chi connectivity index (χ0v) is 17.4. The fourth-order valence-corrected chi connectivity index (χ4v) is 4.93. The van der Waals surface area contributed by atoms with Crippen LogP contribution in [-0.4, -0.2) is 15.3 Å². The highest BCUT2D eigenvalue weighted by Gasteiger charge is 2.25. The van der Waals surface area contributed by atoms with Gasteiger partial charge in [-0.3, -0.25) is 9.78 Å². The molecule has 3 heteroatoms. The van der Waals surface area contributed by atoms with E-state index in [1.165, 1.54) is 67.0 Å². The second-order valence-corrected chi connectivity index (χ2v) is 9.14. The SMILES string of the molecule is CC(=O)c1cc(C2CC2)cnc1Cc1ccc2ccn(CC3CCCCC3)c2c1. The van der Waals surface area contributed by atoms with Crippen LogP contribution in [0.15, 0.2) is 42.7 Å². The first kappa shape index (κ1) is 18.6. The molecule has 0 saturated heterocycles. The van der Waals surface area contributed by atoms with Crippen molar-refractivity contribution in [3.05, 3.63) is 65.1 Å². The minimum atomic E-state index is 0.122. The van der Waals surface area contributed by atoms with Gasteiger partial charge in [-0.15, -0.1) is 0 Å². The van der Waals surface area contributed by atoms with Gasteiger partial charge in [-0.1, -0.05) is 31.4 Å². The van der Waals surface area contributed by atoms with Crippen molar-refractivity contribution >= 4 is 16.7 Å². The first-order valence-electron chi connectivity index (χ1n) is 11.2. The Morgan fingerprint density at radius 1 is 1.07 bits per heavy atom. The van der Waals surface area contributed by atoms with Gasteiger partial charge in [0.15, 0.2) is 5.78 Å². The lowest BCUT2D eigenvalue weighted by atomic mass is 9.89. The van der Waals surface area contributed by atoms with Crippen molar-refractivity contribution in [2.24, 2.45) is 5.92 Å². The van der Waals surface area contributed by atoms with Crippen molar-refractivity contribution in [2.75, 3.05) is 0 Å². The summed E-state index contributed by atoms with van der Waals surface area (Å²) in [6.07, 6.45) is 14.3. The van der Waals surface area contributed by atoms with E-state index < -0.39 is 0 Å². The van der Waals surface area contributed by atoms with Crippen molar-refractivity contribution in [3.63, 3.8) is 0 Å². The fraction of sp³-hybridized carbons (Fsp3) is 0.462. The second-order valence-electron chi connectivity index (χ2n) is 9.14. The number of carbonyl (C=O) groups excluding carboxylic acids is 1. The number of hydrogen-bond acceptors (Lipinski definition) is 2. The van der Waals surface area contributed by atoms with Gasteiger partial charge in [-0.05, 0) is 79.2 Å². The fourth-order valence-electron chi connectivity index (χ4n) is 4.93. The highest BCUT2D eigenvalue weighted by atomic mass is 16.1. The van der Waals surface area contributed by atoms with Crippen LogP contribution >= 0.6 is 0 Å². The number of Topliss-reactive ketones (excluding diaryl/α,β-unsaturated/α-hetero) is 1. The van der Waals surface area contributed by atoms with E-state index in [4.69, 9.17) is 4.98 Å². The van der Waals surface area contributed by atoms with E-state index >= 15 is 0 Å². The van der Waals surface area contributed by atoms with Crippen LogP contribution in [0.3, 0.4) is 0 Å². The molecule has 2 heterocycles. The van der Waals surface area contributed by atoms with Crippen molar-refractivity contribution < 1.29 is 4.79 Å². The van der Waals surface area contributed by atoms with Crippen LogP contribution in [0.2, 0.25) is 0 Å². The molecule has 2 aliphatic rings. The maximum absolute atomic E-state index is 12.3. The van der Waals surface area contributed by atoms with Crippen molar-refractivity contribution in [1.82, 2.24) is 9.55 Å². The molecule has 0 N–H and O–H groups in total. The third-order valence-electron chi connectivity index (χ3n) is 6.81. The molecule has 0 radical (unpaired) electrons. The molecule has 2 aromatic heterocycles. The molecule has 0 amide bonds. The summed E-state index contributed by atoms with van der Waals surface area (Å²) in [5, 5.41) is 1.30. The average molecular weight is 387 g/mol. The molecule has 0 spiro atoms. The molecular weight excluding hydrogens is 356 g/mol. The minimum Gasteiger partial charge on any atom is -0.347 e. The van der Waals surface area contributed by atoms with Gasteiger partial charge in [0, 0.05) is 36.4 Å². The molecular formula is C26H30N2O. The second kappa shape index (κ2) is 7.78. The molecule has 5 rings (SSSR count). The van der Waals surface area contributed by atoms with Crippen LogP contribution in [0.4, 0.5) is 0 Å². The standard InChI is InChI=1S/C26H30N2O/c1-18(29)24-15-23(21-9-10-21)16-27-25(24)13-20-7-8-22-11-12-28(26(22)14-20)17-19-5-3-2-4-6-19/h7-8,11-12,14-16,19,21H,2-6,9-10,13,17H2,1H3. The number of pyridine rings is 1. The third-order valence-corrected chi connectivity index (χ3v) is 6.81. The molecule has 3 aromatic rings. The number of nitrogens with zero attached hydrogens (tertiary/aromatic N) is 2. The Morgan fingerprint density at radius 3 is 2.66 bits per heavy atom. The number of fused-ring (bicyclic) bond motifs is 1. The molecule has 0 atom stereocenters. The lowest BCUT2D eigenvalue weighted by Crippen LogP contribution is -2.13. The molecule has 3 nitrogen and oxygen atoms in total. The van der Waals surface area contributed by atoms with Crippen LogP contribution in [0.5, 0.6) is 0 Å². The molecule has 2 aliphatic carbocycles. The number of hydrogen-bond donors (Lipinski definition) is 0. The molecule has 1 aromatic carbocycles. The van der Waals surface area contributed by atoms with Crippen molar-refractivity contribution in [3.8, 4) is 0 Å². The van der Waals surface area contributed by atoms with E-state index in [9.17, 15) is 4.79 Å². The Kier molecular flexibility index (Phi) is 4.99. The van der Waals surface area contributed by atoms with Crippen LogP contribution in [-0.2, 0) is 13.0 Å². The maximum atomic E-state index is 12.3. The molecule has 0 unspecified atom stereocenters. The largest absolute Gasteiger partial charge is 0.347 e. The number of rotatable bonds is 6. The average Bonchev–Trinajstić information content (AvgIpc) is 3.51. The highest BCUT2D eigenvalue weighted by molar-refractivity contribution is 5.95. The zero-order valence-electron chi connectivity index (χ0n) is 17.4. The van der Waals surface area contributed by atoms with Gasteiger partial charge < -0.3 is 4.57 Å². The van der Waals surface area contributed by atoms with Gasteiger partial charge in [0.1, 0.15) is 0 Å². The number of carbonyl (C=O) groups is 1. The summed E-state index contributed by atoms with van der Waals surface area (Å²) in [6.45, 7) is 2.79. The predicted molar refractivity (Wildman–Crippen MR) is 118 cm³/mol. The van der Waals surface area contributed by atoms with E-state index in [1.54, 1.807) is 6.92 Å². The Hall–Kier alpha value is -2.42. The lowest BCUT2D eigenvalue weighted by Gasteiger charge is -2.22. The van der Waals surface area contributed by atoms with Crippen LogP contribution in [0.1, 0.15) is 85.0 Å². The summed E-state index contributed by atoms with van der Waals surface area (Å²) in [7, 11) is 0. The van der Waals surface area contributed by atoms with Crippen LogP contribution in [0, 0.1) is 5.92 Å². The van der Waals surface area contributed by atoms with Gasteiger partial charge in [0.05, 0.1) is 5.69 Å². The molecule has 2 saturated carbocycles. The minimum absolute atomic E-state index is 0.122. The number of benzene rings is 1. The number of aromatic nitrogens is 2. The van der Waals surface area contributed by atoms with Gasteiger partial charge in [-0.2, -0.15) is 0 Å². The first-order valence-corrected chi connectivity index (χ1v) is 11.2. The summed E-state index contributed by atoms with van der Waals surface area (Å²) in [5.41, 5.74) is 5.48. The summed E-state index contributed by atoms with van der Waals surface area (Å²) in [4.78, 5) is 17.0. The number of ketones is 1. The third kappa shape index (κ3) is 4.01. The lowest BCUT2D eigenvalue weighted by molar-refractivity contribution is 0.101. The van der Waals surface area contributed by atoms with Crippen LogP contribution in [0.25, 0.3) is 10.9 Å². The highest BCUT2D eigenvalue weighted by Crippen LogP contribution is 2.40. The van der Waals surface area contributed by atoms with E-state index in [-0.39, 0.29) is 5.78 Å². The van der Waals surface area contributed by atoms with Gasteiger partial charge in [0.2, 0.25) is 0 Å². The van der Waals surface area contributed by atoms with E-state index in [2.05, 4.69) is 41.1 Å². The molecule has 0 aliphatic heterocycles. The van der Waals surface area contributed by atoms with E-state index in [0.29, 0.717) is 12.3 Å². The van der Waals surface area contributed by atoms with Gasteiger partial charge in [-0.25, -0.2) is 0 Å². The Morgan fingerprint density at radius 2 is 1.90 bits per heavy atom. The Labute approximate surface area is 173 Å². The summed E-state index contributed by atoms with van der Waals surface area (Å²) < 4.78 is 2.43. The molecule has 150 valence electrons. The quantitative estimate of drug-likeness (QED) is 0.467. The Balaban J connectivity index is 1.42. The predicted octanol–water partition coefficient (Wildman–Crippen LogP) is 6.29. The molecule has 29 heavy (non-hydrogen) atoms. The normalized spacial score (nSPS) is 17.7. The zero-order chi connectivity index (χ0) is 19.8. The smallest absolute Gasteiger partial charge is 0.161 e. The van der Waals surface area contributed by atoms with Gasteiger partial charge in [0.25, 0.3) is 0 Å². The van der Waals surface area contributed by atoms with Crippen LogP contribution < -0.4 is 0 Å². The van der Waals surface area contributed by atoms with Gasteiger partial charge >= 0.3 is 0 Å². The maximum Gasteiger partial charge on any atom is 0.161 e. The van der Waals surface area contributed by atoms with E-state index in [0.717, 1.165) is 23.7 Å². The molecule has 0 bridgehead atoms. The summed E-state index contributed by atoms with van der Waals surface area (Å²) >= 11 is 0. The first-order chi connectivity index (χ1) is 14.2. The van der Waals surface area contributed by atoms with E-state index in [1.807, 2.05) is 6.20 Å². The topological polar surface area (TPSA) is 34.9 Å². The monoisotopic (exact) mass is 386 g/mol. The molecule has 2 fully saturated rings. The summed E-state index contributed by atoms with van der Waals surface area (Å²) in [5.74, 6) is 1.55. The van der Waals surface area contributed by atoms with Crippen molar-refractivity contribution in [2.45, 2.75) is 70.8 Å². The summed E-state index contributed by atoms with van der Waals surface area (Å²) in [6, 6.07) is 11.0.